The molecule has 2 aliphatic rings. The molecule has 0 aromatic heterocycles. The number of benzene rings is 3. The molecule has 1 heteroatoms. The van der Waals surface area contributed by atoms with E-state index in [-0.39, 0.29) is 21.7 Å². The molecule has 0 radical (unpaired) electrons. The molecule has 202 valence electrons. The van der Waals surface area contributed by atoms with Crippen molar-refractivity contribution < 1.29 is 5.11 Å². The van der Waals surface area contributed by atoms with Crippen molar-refractivity contribution in [2.45, 2.75) is 106 Å². The van der Waals surface area contributed by atoms with Gasteiger partial charge >= 0.3 is 0 Å². The van der Waals surface area contributed by atoms with Crippen molar-refractivity contribution >= 4 is 0 Å². The Balaban J connectivity index is 2.03. The van der Waals surface area contributed by atoms with Gasteiger partial charge in [0.05, 0.1) is 11.0 Å². The maximum absolute atomic E-state index is 12.1. The molecule has 0 amide bonds. The highest BCUT2D eigenvalue weighted by Gasteiger charge is 2.62. The second kappa shape index (κ2) is 7.63. The predicted molar refractivity (Wildman–Crippen MR) is 163 cm³/mol. The van der Waals surface area contributed by atoms with Crippen molar-refractivity contribution in [3.05, 3.63) is 81.9 Å². The van der Waals surface area contributed by atoms with Gasteiger partial charge in [-0.2, -0.15) is 0 Å². The Labute approximate surface area is 231 Å². The van der Waals surface area contributed by atoms with Crippen molar-refractivity contribution in [2.24, 2.45) is 16.2 Å². The average Bonchev–Trinajstić information content (AvgIpc) is 3.17. The largest absolute Gasteiger partial charge is 0.389 e. The fourth-order valence-electron chi connectivity index (χ4n) is 9.49. The van der Waals surface area contributed by atoms with Crippen LogP contribution in [0.4, 0.5) is 0 Å². The first-order chi connectivity index (χ1) is 17.2. The van der Waals surface area contributed by atoms with Gasteiger partial charge in [0.2, 0.25) is 0 Å². The van der Waals surface area contributed by atoms with E-state index in [2.05, 4.69) is 125 Å². The van der Waals surface area contributed by atoms with E-state index in [0.717, 1.165) is 0 Å². The van der Waals surface area contributed by atoms with Crippen molar-refractivity contribution in [3.63, 3.8) is 0 Å². The van der Waals surface area contributed by atoms with Crippen LogP contribution in [-0.4, -0.2) is 10.7 Å². The van der Waals surface area contributed by atoms with Gasteiger partial charge in [-0.05, 0) is 101 Å². The zero-order chi connectivity index (χ0) is 28.4. The lowest BCUT2D eigenvalue weighted by molar-refractivity contribution is -0.0370. The normalized spacial score (nSPS) is 20.2. The predicted octanol–water partition coefficient (Wildman–Crippen LogP) is 9.75. The zero-order valence-electron chi connectivity index (χ0n) is 26.1. The van der Waals surface area contributed by atoms with Gasteiger partial charge in [0.1, 0.15) is 0 Å². The lowest BCUT2D eigenvalue weighted by Gasteiger charge is -2.53. The highest BCUT2D eigenvalue weighted by molar-refractivity contribution is 5.91. The molecule has 38 heavy (non-hydrogen) atoms. The summed E-state index contributed by atoms with van der Waals surface area (Å²) in [5.41, 5.74) is 11.3. The van der Waals surface area contributed by atoms with E-state index >= 15 is 0 Å². The third-order valence-corrected chi connectivity index (χ3v) is 10.00. The standard InChI is InChI=1S/C37H48O/c1-22-14-16-24-26-21-31-27(20-30(26)36(28(24)18-22,32(3,4)5)33(6,7)8)25-17-15-23(2)19-29(25)37(31,34(9,10)11)35(12,13)38/h14-21,38H,1-13H3. The van der Waals surface area contributed by atoms with Gasteiger partial charge in [-0.3, -0.25) is 0 Å². The van der Waals surface area contributed by atoms with Crippen LogP contribution >= 0.6 is 0 Å². The first-order valence-corrected chi connectivity index (χ1v) is 14.4. The summed E-state index contributed by atoms with van der Waals surface area (Å²) in [6.07, 6.45) is 0. The van der Waals surface area contributed by atoms with Crippen LogP contribution in [0.15, 0.2) is 48.5 Å². The van der Waals surface area contributed by atoms with E-state index < -0.39 is 11.0 Å². The van der Waals surface area contributed by atoms with Crippen LogP contribution in [0.5, 0.6) is 0 Å². The van der Waals surface area contributed by atoms with Crippen molar-refractivity contribution in [3.8, 4) is 22.3 Å². The molecule has 0 heterocycles. The molecule has 0 saturated heterocycles. The van der Waals surface area contributed by atoms with Crippen molar-refractivity contribution in [1.29, 1.82) is 0 Å². The minimum Gasteiger partial charge on any atom is -0.389 e. The molecule has 1 atom stereocenters. The maximum atomic E-state index is 12.1. The second-order valence-electron chi connectivity index (χ2n) is 15.9. The molecule has 0 bridgehead atoms. The molecule has 0 spiro atoms. The number of fused-ring (bicyclic) bond motifs is 6. The first-order valence-electron chi connectivity index (χ1n) is 14.4. The lowest BCUT2D eigenvalue weighted by atomic mass is 9.49. The highest BCUT2D eigenvalue weighted by atomic mass is 16.3. The van der Waals surface area contributed by atoms with E-state index in [1.165, 1.54) is 55.6 Å². The maximum Gasteiger partial charge on any atom is 0.0733 e. The van der Waals surface area contributed by atoms with Crippen LogP contribution in [0.2, 0.25) is 0 Å². The topological polar surface area (TPSA) is 20.2 Å². The fourth-order valence-corrected chi connectivity index (χ4v) is 9.49. The Hall–Kier alpha value is -2.38. The van der Waals surface area contributed by atoms with Gasteiger partial charge in [0.15, 0.2) is 0 Å². The first kappa shape index (κ1) is 27.2. The van der Waals surface area contributed by atoms with E-state index in [1.54, 1.807) is 0 Å². The summed E-state index contributed by atoms with van der Waals surface area (Å²) in [5.74, 6) is 0. The molecule has 1 unspecified atom stereocenters. The Kier molecular flexibility index (Phi) is 5.46. The minimum atomic E-state index is -0.965. The summed E-state index contributed by atoms with van der Waals surface area (Å²) in [4.78, 5) is 0. The number of hydrogen-bond donors (Lipinski definition) is 1. The molecule has 0 fully saturated rings. The van der Waals surface area contributed by atoms with Gasteiger partial charge in [-0.15, -0.1) is 0 Å². The number of rotatable bonds is 1. The summed E-state index contributed by atoms with van der Waals surface area (Å²) < 4.78 is 0. The van der Waals surface area contributed by atoms with Gasteiger partial charge in [-0.25, -0.2) is 0 Å². The van der Waals surface area contributed by atoms with E-state index in [1.807, 2.05) is 13.8 Å². The summed E-state index contributed by atoms with van der Waals surface area (Å²) >= 11 is 0. The van der Waals surface area contributed by atoms with Crippen LogP contribution in [0.1, 0.15) is 110 Å². The Morgan fingerprint density at radius 1 is 0.447 bits per heavy atom. The van der Waals surface area contributed by atoms with Crippen LogP contribution in [0.3, 0.4) is 0 Å². The molecule has 0 aliphatic heterocycles. The number of aryl methyl sites for hydroxylation is 2. The SMILES string of the molecule is Cc1ccc2c(c1)C(C(C)(C)C)(C(C)(C)C)c1cc3c(cc1-2)C(C(C)(C)C)(C(C)(C)O)c1cc(C)ccc1-3. The third kappa shape index (κ3) is 3.09. The van der Waals surface area contributed by atoms with E-state index in [0.29, 0.717) is 0 Å². The molecular formula is C37H48O. The highest BCUT2D eigenvalue weighted by Crippen LogP contribution is 2.68. The quantitative estimate of drug-likeness (QED) is 0.347. The summed E-state index contributed by atoms with van der Waals surface area (Å²) in [6.45, 7) is 29.8. The second-order valence-corrected chi connectivity index (χ2v) is 15.9. The summed E-state index contributed by atoms with van der Waals surface area (Å²) in [5, 5.41) is 12.1. The molecule has 3 aromatic carbocycles. The molecule has 1 nitrogen and oxygen atoms in total. The fraction of sp³-hybridized carbons (Fsp3) is 0.514. The average molecular weight is 509 g/mol. The summed E-state index contributed by atoms with van der Waals surface area (Å²) in [6, 6.07) is 18.9. The zero-order valence-corrected chi connectivity index (χ0v) is 26.1. The monoisotopic (exact) mass is 508 g/mol. The van der Waals surface area contributed by atoms with Gasteiger partial charge < -0.3 is 5.11 Å². The van der Waals surface area contributed by atoms with Crippen LogP contribution < -0.4 is 0 Å². The smallest absolute Gasteiger partial charge is 0.0733 e. The molecule has 0 saturated carbocycles. The number of aliphatic hydroxyl groups is 1. The van der Waals surface area contributed by atoms with Crippen LogP contribution in [0.25, 0.3) is 22.3 Å². The Bertz CT molecular complexity index is 1310. The third-order valence-electron chi connectivity index (χ3n) is 10.00. The molecule has 3 aromatic rings. The molecule has 2 aliphatic carbocycles. The number of hydrogen-bond acceptors (Lipinski definition) is 1. The van der Waals surface area contributed by atoms with Crippen molar-refractivity contribution in [2.75, 3.05) is 0 Å². The van der Waals surface area contributed by atoms with Gasteiger partial charge in [0, 0.05) is 5.41 Å². The Morgan fingerprint density at radius 3 is 1.11 bits per heavy atom. The van der Waals surface area contributed by atoms with Crippen LogP contribution in [0, 0.1) is 30.1 Å². The molecule has 5 rings (SSSR count). The van der Waals surface area contributed by atoms with Crippen molar-refractivity contribution in [1.82, 2.24) is 0 Å². The minimum absolute atomic E-state index is 0.0145. The van der Waals surface area contributed by atoms with Gasteiger partial charge in [0.25, 0.3) is 0 Å². The molecule has 1 N–H and O–H groups in total. The lowest BCUT2D eigenvalue weighted by Crippen LogP contribution is -2.55. The van der Waals surface area contributed by atoms with Gasteiger partial charge in [-0.1, -0.05) is 110 Å². The van der Waals surface area contributed by atoms with E-state index in [9.17, 15) is 5.11 Å². The van der Waals surface area contributed by atoms with E-state index in [4.69, 9.17) is 0 Å². The summed E-state index contributed by atoms with van der Waals surface area (Å²) in [7, 11) is 0. The Morgan fingerprint density at radius 2 is 0.763 bits per heavy atom. The van der Waals surface area contributed by atoms with Crippen LogP contribution in [-0.2, 0) is 10.8 Å². The molecular weight excluding hydrogens is 460 g/mol.